The van der Waals surface area contributed by atoms with E-state index in [0.29, 0.717) is 26.5 Å². The molecule has 1 unspecified atom stereocenters. The van der Waals surface area contributed by atoms with Crippen LogP contribution < -0.4 is 0 Å². The Hall–Kier alpha value is -1.73. The van der Waals surface area contributed by atoms with E-state index in [-0.39, 0.29) is 12.4 Å². The molecule has 0 aliphatic carbocycles. The average molecular weight is 421 g/mol. The van der Waals surface area contributed by atoms with Gasteiger partial charge in [-0.15, -0.1) is 0 Å². The molecule has 0 saturated carbocycles. The predicted molar refractivity (Wildman–Crippen MR) is 114 cm³/mol. The number of hydrogen-bond acceptors (Lipinski definition) is 3. The highest BCUT2D eigenvalue weighted by molar-refractivity contribution is 8.18. The number of benzene rings is 2. The maximum atomic E-state index is 14.3. The van der Waals surface area contributed by atoms with Gasteiger partial charge in [0.15, 0.2) is 9.39 Å². The molecule has 0 saturated heterocycles. The zero-order valence-electron chi connectivity index (χ0n) is 14.9. The maximum absolute atomic E-state index is 14.3. The average Bonchev–Trinajstić information content (AvgIpc) is 2.97. The Bertz CT molecular complexity index is 958. The SMILES string of the molecule is CSC(=Cc1c(Cl)nc(-c2ccccc2)n1Cc1ccccc1F)[S+](C)[O-]. The minimum absolute atomic E-state index is 0.264. The van der Waals surface area contributed by atoms with E-state index in [1.165, 1.54) is 17.8 Å². The Labute approximate surface area is 170 Å². The lowest BCUT2D eigenvalue weighted by atomic mass is 10.2. The molecule has 0 aliphatic rings. The second kappa shape index (κ2) is 8.97. The summed E-state index contributed by atoms with van der Waals surface area (Å²) in [5.74, 6) is 0.345. The van der Waals surface area contributed by atoms with Crippen molar-refractivity contribution in [3.63, 3.8) is 0 Å². The highest BCUT2D eigenvalue weighted by Gasteiger charge is 2.19. The Kier molecular flexibility index (Phi) is 6.65. The van der Waals surface area contributed by atoms with Gasteiger partial charge in [0.25, 0.3) is 0 Å². The van der Waals surface area contributed by atoms with Crippen molar-refractivity contribution >= 4 is 40.6 Å². The first-order valence-corrected chi connectivity index (χ1v) is 11.3. The molecule has 3 aromatic rings. The van der Waals surface area contributed by atoms with Gasteiger partial charge in [-0.3, -0.25) is 0 Å². The van der Waals surface area contributed by atoms with E-state index in [1.807, 2.05) is 41.2 Å². The zero-order valence-corrected chi connectivity index (χ0v) is 17.2. The first-order chi connectivity index (χ1) is 13.0. The van der Waals surface area contributed by atoms with Crippen molar-refractivity contribution in [2.75, 3.05) is 12.5 Å². The molecule has 0 radical (unpaired) electrons. The van der Waals surface area contributed by atoms with Gasteiger partial charge >= 0.3 is 0 Å². The predicted octanol–water partition coefficient (Wildman–Crippen LogP) is 5.43. The topological polar surface area (TPSA) is 40.9 Å². The lowest BCUT2D eigenvalue weighted by Gasteiger charge is -2.12. The van der Waals surface area contributed by atoms with Crippen LogP contribution in [-0.2, 0) is 17.7 Å². The molecule has 7 heteroatoms. The normalized spacial score (nSPS) is 13.0. The summed E-state index contributed by atoms with van der Waals surface area (Å²) in [6, 6.07) is 16.2. The van der Waals surface area contributed by atoms with Gasteiger partial charge < -0.3 is 9.12 Å². The summed E-state index contributed by atoms with van der Waals surface area (Å²) >= 11 is 6.67. The Morgan fingerprint density at radius 3 is 2.52 bits per heavy atom. The maximum Gasteiger partial charge on any atom is 0.187 e. The van der Waals surface area contributed by atoms with Gasteiger partial charge in [0, 0.05) is 17.2 Å². The van der Waals surface area contributed by atoms with Crippen LogP contribution in [0.2, 0.25) is 5.15 Å². The molecule has 140 valence electrons. The molecular formula is C20H18ClFN2OS2. The number of thioether (sulfide) groups is 1. The van der Waals surface area contributed by atoms with Gasteiger partial charge in [0.05, 0.1) is 12.2 Å². The summed E-state index contributed by atoms with van der Waals surface area (Å²) in [4.78, 5) is 4.51. The van der Waals surface area contributed by atoms with Crippen molar-refractivity contribution in [1.82, 2.24) is 9.55 Å². The van der Waals surface area contributed by atoms with Crippen molar-refractivity contribution in [3.8, 4) is 11.4 Å². The molecule has 0 amide bonds. The van der Waals surface area contributed by atoms with Crippen molar-refractivity contribution in [3.05, 3.63) is 81.1 Å². The third-order valence-corrected chi connectivity index (χ3v) is 6.71. The van der Waals surface area contributed by atoms with E-state index in [4.69, 9.17) is 11.6 Å². The molecule has 0 aliphatic heterocycles. The second-order valence-electron chi connectivity index (χ2n) is 5.78. The molecule has 1 atom stereocenters. The molecule has 0 N–H and O–H groups in total. The lowest BCUT2D eigenvalue weighted by Crippen LogP contribution is -2.07. The van der Waals surface area contributed by atoms with Gasteiger partial charge in [-0.1, -0.05) is 71.9 Å². The van der Waals surface area contributed by atoms with E-state index >= 15 is 0 Å². The molecule has 2 aromatic carbocycles. The minimum Gasteiger partial charge on any atom is -0.611 e. The fraction of sp³-hybridized carbons (Fsp3) is 0.150. The van der Waals surface area contributed by atoms with Crippen molar-refractivity contribution in [2.24, 2.45) is 0 Å². The van der Waals surface area contributed by atoms with Crippen molar-refractivity contribution in [1.29, 1.82) is 0 Å². The number of hydrogen-bond donors (Lipinski definition) is 0. The van der Waals surface area contributed by atoms with Crippen molar-refractivity contribution < 1.29 is 8.94 Å². The first kappa shape index (κ1) is 20.0. The van der Waals surface area contributed by atoms with Crippen LogP contribution in [0.3, 0.4) is 0 Å². The molecule has 0 fully saturated rings. The van der Waals surface area contributed by atoms with E-state index in [1.54, 1.807) is 30.5 Å². The minimum atomic E-state index is -1.16. The summed E-state index contributed by atoms with van der Waals surface area (Å²) in [6.07, 6.45) is 5.24. The van der Waals surface area contributed by atoms with Crippen LogP contribution in [0.25, 0.3) is 17.5 Å². The number of aromatic nitrogens is 2. The van der Waals surface area contributed by atoms with Crippen LogP contribution in [0.4, 0.5) is 4.39 Å². The first-order valence-electron chi connectivity index (χ1n) is 8.15. The molecule has 3 rings (SSSR count). The van der Waals surface area contributed by atoms with Crippen LogP contribution in [-0.4, -0.2) is 26.6 Å². The van der Waals surface area contributed by atoms with Crippen LogP contribution in [0.5, 0.6) is 0 Å². The number of nitrogens with zero attached hydrogens (tertiary/aromatic N) is 2. The standard InChI is InChI=1S/C20H18ClFN2OS2/c1-26-18(27(2)25)12-17-19(21)23-20(14-8-4-3-5-9-14)24(17)13-15-10-6-7-11-16(15)22/h3-12H,13H2,1-2H3. The van der Waals surface area contributed by atoms with E-state index < -0.39 is 11.2 Å². The highest BCUT2D eigenvalue weighted by atomic mass is 35.5. The van der Waals surface area contributed by atoms with Crippen LogP contribution in [0.15, 0.2) is 58.8 Å². The smallest absolute Gasteiger partial charge is 0.187 e. The number of rotatable bonds is 6. The zero-order chi connectivity index (χ0) is 19.4. The Morgan fingerprint density at radius 1 is 1.22 bits per heavy atom. The van der Waals surface area contributed by atoms with Gasteiger partial charge in [-0.05, 0) is 23.5 Å². The molecule has 1 aromatic heterocycles. The van der Waals surface area contributed by atoms with Gasteiger partial charge in [0.1, 0.15) is 17.9 Å². The highest BCUT2D eigenvalue weighted by Crippen LogP contribution is 2.31. The summed E-state index contributed by atoms with van der Waals surface area (Å²) in [5, 5.41) is 0.294. The van der Waals surface area contributed by atoms with E-state index in [9.17, 15) is 8.94 Å². The molecule has 1 heterocycles. The fourth-order valence-corrected chi connectivity index (χ4v) is 4.39. The summed E-state index contributed by atoms with van der Waals surface area (Å²) in [5.41, 5.74) is 2.01. The molecule has 0 bridgehead atoms. The van der Waals surface area contributed by atoms with Crippen LogP contribution in [0, 0.1) is 5.82 Å². The lowest BCUT2D eigenvalue weighted by molar-refractivity contribution is 0.599. The number of halogens is 2. The Balaban J connectivity index is 2.18. The van der Waals surface area contributed by atoms with Gasteiger partial charge in [-0.2, -0.15) is 0 Å². The number of imidazole rings is 1. The van der Waals surface area contributed by atoms with Crippen molar-refractivity contribution in [2.45, 2.75) is 6.54 Å². The second-order valence-corrected chi connectivity index (χ2v) is 8.59. The third-order valence-electron chi connectivity index (χ3n) is 4.02. The fourth-order valence-electron chi connectivity index (χ4n) is 2.71. The largest absolute Gasteiger partial charge is 0.611 e. The van der Waals surface area contributed by atoms with E-state index in [0.717, 1.165) is 5.56 Å². The summed E-state index contributed by atoms with van der Waals surface area (Å²) in [7, 11) is 0. The molecule has 0 spiro atoms. The molecule has 3 nitrogen and oxygen atoms in total. The van der Waals surface area contributed by atoms with Gasteiger partial charge in [-0.25, -0.2) is 9.37 Å². The Morgan fingerprint density at radius 2 is 1.89 bits per heavy atom. The van der Waals surface area contributed by atoms with Crippen LogP contribution >= 0.6 is 23.4 Å². The van der Waals surface area contributed by atoms with Gasteiger partial charge in [0.2, 0.25) is 0 Å². The molecule has 27 heavy (non-hydrogen) atoms. The summed E-state index contributed by atoms with van der Waals surface area (Å²) in [6.45, 7) is 0.264. The third kappa shape index (κ3) is 4.58. The quantitative estimate of drug-likeness (QED) is 0.499. The van der Waals surface area contributed by atoms with E-state index in [2.05, 4.69) is 4.98 Å². The van der Waals surface area contributed by atoms with Crippen LogP contribution in [0.1, 0.15) is 11.3 Å². The molecular weight excluding hydrogens is 403 g/mol. The summed E-state index contributed by atoms with van der Waals surface area (Å²) < 4.78 is 28.8. The monoisotopic (exact) mass is 420 g/mol.